The molecule has 2 aromatic carbocycles. The summed E-state index contributed by atoms with van der Waals surface area (Å²) in [7, 11) is 0. The molecule has 148 valence electrons. The first kappa shape index (κ1) is 19.7. The van der Waals surface area contributed by atoms with Crippen LogP contribution in [0, 0.1) is 26.7 Å². The van der Waals surface area contributed by atoms with E-state index in [1.54, 1.807) is 32.9 Å². The zero-order valence-corrected chi connectivity index (χ0v) is 16.6. The molecule has 0 spiro atoms. The van der Waals surface area contributed by atoms with E-state index >= 15 is 0 Å². The maximum absolute atomic E-state index is 12.5. The van der Waals surface area contributed by atoms with E-state index in [9.17, 15) is 14.7 Å². The number of phenolic OH excluding ortho intramolecular Hbond substituents is 1. The number of rotatable bonds is 4. The molecule has 2 aromatic rings. The highest BCUT2D eigenvalue weighted by Crippen LogP contribution is 2.48. The van der Waals surface area contributed by atoms with Crippen LogP contribution in [-0.4, -0.2) is 22.5 Å². The number of phenols is 1. The Balaban J connectivity index is 2.24. The van der Waals surface area contributed by atoms with Gasteiger partial charge in [-0.05, 0) is 56.4 Å². The molecule has 6 nitrogen and oxygen atoms in total. The van der Waals surface area contributed by atoms with Gasteiger partial charge in [0.1, 0.15) is 11.5 Å². The van der Waals surface area contributed by atoms with E-state index in [4.69, 9.17) is 16.2 Å². The van der Waals surface area contributed by atoms with Crippen LogP contribution in [0.5, 0.6) is 11.5 Å². The highest BCUT2D eigenvalue weighted by molar-refractivity contribution is 5.88. The van der Waals surface area contributed by atoms with E-state index in [0.717, 1.165) is 11.1 Å². The van der Waals surface area contributed by atoms with E-state index in [0.29, 0.717) is 28.9 Å². The van der Waals surface area contributed by atoms with Gasteiger partial charge in [0.15, 0.2) is 5.60 Å². The number of ether oxygens (including phenoxy) is 1. The predicted molar refractivity (Wildman–Crippen MR) is 106 cm³/mol. The van der Waals surface area contributed by atoms with Crippen molar-refractivity contribution in [2.24, 2.45) is 17.4 Å². The van der Waals surface area contributed by atoms with Crippen LogP contribution in [0.25, 0.3) is 0 Å². The van der Waals surface area contributed by atoms with Crippen molar-refractivity contribution in [3.05, 3.63) is 58.1 Å². The van der Waals surface area contributed by atoms with Crippen LogP contribution in [0.4, 0.5) is 0 Å². The van der Waals surface area contributed by atoms with E-state index < -0.39 is 29.3 Å². The lowest BCUT2D eigenvalue weighted by Crippen LogP contribution is -2.58. The minimum absolute atomic E-state index is 0.191. The van der Waals surface area contributed by atoms with Crippen molar-refractivity contribution in [3.63, 3.8) is 0 Å². The van der Waals surface area contributed by atoms with Gasteiger partial charge in [-0.25, -0.2) is 0 Å². The lowest BCUT2D eigenvalue weighted by atomic mass is 9.69. The first-order valence-corrected chi connectivity index (χ1v) is 9.24. The maximum Gasteiger partial charge on any atom is 0.261 e. The molecule has 1 aliphatic heterocycles. The molecule has 28 heavy (non-hydrogen) atoms. The summed E-state index contributed by atoms with van der Waals surface area (Å²) in [5.41, 5.74) is 13.7. The SMILES string of the molecule is Cc1c(C)c2c(c(C)c1O)CC([C@@H](C(N)=O)c1ccccc1)C(C)(C(N)=O)O2. The Hall–Kier alpha value is -3.02. The fourth-order valence-corrected chi connectivity index (χ4v) is 4.18. The first-order chi connectivity index (χ1) is 13.1. The molecule has 0 fully saturated rings. The van der Waals surface area contributed by atoms with E-state index in [1.807, 2.05) is 25.1 Å². The van der Waals surface area contributed by atoms with Crippen molar-refractivity contribution in [2.75, 3.05) is 0 Å². The largest absolute Gasteiger partial charge is 0.507 e. The third kappa shape index (κ3) is 2.89. The lowest BCUT2D eigenvalue weighted by molar-refractivity contribution is -0.141. The number of hydrogen-bond acceptors (Lipinski definition) is 4. The normalized spacial score (nSPS) is 22.1. The molecule has 5 N–H and O–H groups in total. The summed E-state index contributed by atoms with van der Waals surface area (Å²) in [6.45, 7) is 7.04. The zero-order valence-electron chi connectivity index (χ0n) is 16.6. The summed E-state index contributed by atoms with van der Waals surface area (Å²) in [5, 5.41) is 10.5. The summed E-state index contributed by atoms with van der Waals surface area (Å²) in [5.74, 6) is -1.86. The Kier molecular flexibility index (Phi) is 4.83. The topological polar surface area (TPSA) is 116 Å². The molecule has 2 amide bonds. The summed E-state index contributed by atoms with van der Waals surface area (Å²) >= 11 is 0. The van der Waals surface area contributed by atoms with Crippen LogP contribution < -0.4 is 16.2 Å². The van der Waals surface area contributed by atoms with Gasteiger partial charge in [-0.2, -0.15) is 0 Å². The Bertz CT molecular complexity index is 955. The fraction of sp³-hybridized carbons (Fsp3) is 0.364. The number of benzene rings is 2. The van der Waals surface area contributed by atoms with Crippen LogP contribution >= 0.6 is 0 Å². The number of aromatic hydroxyl groups is 1. The van der Waals surface area contributed by atoms with Gasteiger partial charge in [0.25, 0.3) is 5.91 Å². The highest BCUT2D eigenvalue weighted by atomic mass is 16.5. The molecule has 0 saturated heterocycles. The minimum atomic E-state index is -1.43. The number of fused-ring (bicyclic) bond motifs is 1. The third-order valence-electron chi connectivity index (χ3n) is 6.14. The second-order valence-corrected chi connectivity index (χ2v) is 7.71. The van der Waals surface area contributed by atoms with Gasteiger partial charge >= 0.3 is 0 Å². The van der Waals surface area contributed by atoms with Crippen LogP contribution in [-0.2, 0) is 16.0 Å². The predicted octanol–water partition coefficient (Wildman–Crippen LogP) is 2.38. The molecule has 6 heteroatoms. The number of carbonyl (C=O) groups excluding carboxylic acids is 2. The summed E-state index contributed by atoms with van der Waals surface area (Å²) < 4.78 is 6.20. The third-order valence-corrected chi connectivity index (χ3v) is 6.14. The van der Waals surface area contributed by atoms with Crippen molar-refractivity contribution in [1.29, 1.82) is 0 Å². The maximum atomic E-state index is 12.5. The van der Waals surface area contributed by atoms with Gasteiger partial charge in [0, 0.05) is 11.5 Å². The van der Waals surface area contributed by atoms with E-state index in [-0.39, 0.29) is 5.75 Å². The monoisotopic (exact) mass is 382 g/mol. The van der Waals surface area contributed by atoms with Crippen molar-refractivity contribution in [3.8, 4) is 11.5 Å². The highest BCUT2D eigenvalue weighted by Gasteiger charge is 2.52. The quantitative estimate of drug-likeness (QED) is 0.753. The van der Waals surface area contributed by atoms with Crippen molar-refractivity contribution >= 4 is 11.8 Å². The molecule has 0 radical (unpaired) electrons. The fourth-order valence-electron chi connectivity index (χ4n) is 4.18. The van der Waals surface area contributed by atoms with Gasteiger partial charge in [-0.15, -0.1) is 0 Å². The van der Waals surface area contributed by atoms with E-state index in [1.165, 1.54) is 0 Å². The van der Waals surface area contributed by atoms with Gasteiger partial charge in [0.05, 0.1) is 5.92 Å². The van der Waals surface area contributed by atoms with Crippen LogP contribution in [0.3, 0.4) is 0 Å². The second-order valence-electron chi connectivity index (χ2n) is 7.71. The van der Waals surface area contributed by atoms with Gasteiger partial charge in [0.2, 0.25) is 5.91 Å². The molecule has 0 bridgehead atoms. The van der Waals surface area contributed by atoms with Crippen LogP contribution in [0.1, 0.15) is 40.7 Å². The lowest BCUT2D eigenvalue weighted by Gasteiger charge is -2.44. The Morgan fingerprint density at radius 3 is 2.25 bits per heavy atom. The standard InChI is InChI=1S/C22H26N2O4/c1-11-12(2)19-15(13(3)18(11)25)10-16(22(4,28-19)21(24)27)17(20(23)26)14-8-6-5-7-9-14/h5-9,16-17,25H,10H2,1-4H3,(H2,23,26)(H2,24,27)/t16?,17-,22?/m0/s1. The van der Waals surface area contributed by atoms with Gasteiger partial charge < -0.3 is 21.3 Å². The number of primary amides is 2. The molecule has 0 aliphatic carbocycles. The van der Waals surface area contributed by atoms with Crippen molar-refractivity contribution < 1.29 is 19.4 Å². The minimum Gasteiger partial charge on any atom is -0.507 e. The average Bonchev–Trinajstić information content (AvgIpc) is 2.66. The Morgan fingerprint density at radius 2 is 1.71 bits per heavy atom. The Labute approximate surface area is 164 Å². The molecular formula is C22H26N2O4. The Morgan fingerprint density at radius 1 is 1.11 bits per heavy atom. The molecule has 1 heterocycles. The van der Waals surface area contributed by atoms with Gasteiger partial charge in [-0.3, -0.25) is 9.59 Å². The van der Waals surface area contributed by atoms with E-state index in [2.05, 4.69) is 0 Å². The number of hydrogen-bond donors (Lipinski definition) is 3. The summed E-state index contributed by atoms with van der Waals surface area (Å²) in [6, 6.07) is 9.08. The first-order valence-electron chi connectivity index (χ1n) is 9.24. The molecule has 3 rings (SSSR count). The molecule has 0 aromatic heterocycles. The summed E-state index contributed by atoms with van der Waals surface area (Å²) in [6.07, 6.45) is 0.331. The van der Waals surface area contributed by atoms with Crippen molar-refractivity contribution in [1.82, 2.24) is 0 Å². The van der Waals surface area contributed by atoms with Gasteiger partial charge in [-0.1, -0.05) is 30.3 Å². The molecule has 2 unspecified atom stereocenters. The molecule has 1 aliphatic rings. The van der Waals surface area contributed by atoms with Crippen LogP contribution in [0.15, 0.2) is 30.3 Å². The number of nitrogens with two attached hydrogens (primary N) is 2. The molecule has 3 atom stereocenters. The second kappa shape index (κ2) is 6.86. The summed E-state index contributed by atoms with van der Waals surface area (Å²) in [4.78, 5) is 25.0. The van der Waals surface area contributed by atoms with Crippen LogP contribution in [0.2, 0.25) is 0 Å². The average molecular weight is 382 g/mol. The van der Waals surface area contributed by atoms with Crippen molar-refractivity contribution in [2.45, 2.75) is 45.6 Å². The smallest absolute Gasteiger partial charge is 0.261 e. The molecular weight excluding hydrogens is 356 g/mol. The number of amides is 2. The zero-order chi connectivity index (χ0) is 20.8. The number of carbonyl (C=O) groups is 2. The molecule has 0 saturated carbocycles.